The fourth-order valence-electron chi connectivity index (χ4n) is 5.07. The molecule has 6 rings (SSSR count). The Balaban J connectivity index is 1.29. The zero-order chi connectivity index (χ0) is 27.0. The van der Waals surface area contributed by atoms with Crippen LogP contribution in [0, 0.1) is 0 Å². The molecule has 0 spiro atoms. The van der Waals surface area contributed by atoms with E-state index in [0.717, 1.165) is 19.6 Å². The van der Waals surface area contributed by atoms with Crippen molar-refractivity contribution in [2.24, 2.45) is 0 Å². The van der Waals surface area contributed by atoms with Gasteiger partial charge in [0.05, 0.1) is 0 Å². The van der Waals surface area contributed by atoms with Crippen LogP contribution >= 0.6 is 0 Å². The third kappa shape index (κ3) is 6.33. The fraction of sp³-hybridized carbons (Fsp3) is 0.0811. The Morgan fingerprint density at radius 2 is 0.875 bits per heavy atom. The molecule has 2 aromatic heterocycles. The molecular weight excluding hydrogens is 486 g/mol. The van der Waals surface area contributed by atoms with Gasteiger partial charge in [0.2, 0.25) is 0 Å². The second-order valence-corrected chi connectivity index (χ2v) is 10.1. The Hall–Kier alpha value is -5.02. The Kier molecular flexibility index (Phi) is 7.72. The summed E-state index contributed by atoms with van der Waals surface area (Å²) in [6.45, 7) is 2.56. The molecule has 5 aromatic rings. The quantitative estimate of drug-likeness (QED) is 0.208. The monoisotopic (exact) mass is 519 g/mol. The summed E-state index contributed by atoms with van der Waals surface area (Å²) in [7, 11) is 0. The molecule has 0 unspecified atom stereocenters. The van der Waals surface area contributed by atoms with Crippen LogP contribution in [0.3, 0.4) is 0 Å². The molecule has 0 fully saturated rings. The first-order chi connectivity index (χ1) is 19.8. The van der Waals surface area contributed by atoms with Gasteiger partial charge >= 0.3 is 0 Å². The average molecular weight is 520 g/mol. The van der Waals surface area contributed by atoms with E-state index in [0.29, 0.717) is 0 Å². The van der Waals surface area contributed by atoms with Crippen molar-refractivity contribution in [1.29, 1.82) is 0 Å². The highest BCUT2D eigenvalue weighted by Crippen LogP contribution is 2.29. The van der Waals surface area contributed by atoms with Crippen LogP contribution < -0.4 is 9.13 Å². The zero-order valence-corrected chi connectivity index (χ0v) is 22.6. The van der Waals surface area contributed by atoms with E-state index in [2.05, 4.69) is 179 Å². The largest absolute Gasteiger partial charge is 0.350 e. The number of allylic oxidation sites excluding steroid dienone is 3. The number of aromatic nitrogens is 2. The van der Waals surface area contributed by atoms with E-state index >= 15 is 0 Å². The van der Waals surface area contributed by atoms with Crippen LogP contribution in [0.1, 0.15) is 27.8 Å². The lowest BCUT2D eigenvalue weighted by atomic mass is 9.93. The first kappa shape index (κ1) is 25.3. The predicted molar refractivity (Wildman–Crippen MR) is 161 cm³/mol. The van der Waals surface area contributed by atoms with E-state index in [1.54, 1.807) is 0 Å². The summed E-state index contributed by atoms with van der Waals surface area (Å²) in [6.07, 6.45) is 17.5. The van der Waals surface area contributed by atoms with Gasteiger partial charge in [-0.2, -0.15) is 0 Å². The van der Waals surface area contributed by atoms with E-state index in [-0.39, 0.29) is 0 Å². The Labute approximate surface area is 236 Å². The molecule has 0 bridgehead atoms. The maximum absolute atomic E-state index is 2.23. The lowest BCUT2D eigenvalue weighted by Gasteiger charge is -2.21. The number of hydrogen-bond acceptors (Lipinski definition) is 1. The van der Waals surface area contributed by atoms with Gasteiger partial charge in [-0.1, -0.05) is 91.0 Å². The van der Waals surface area contributed by atoms with E-state index in [1.165, 1.54) is 39.0 Å². The summed E-state index contributed by atoms with van der Waals surface area (Å²) in [5, 5.41) is 0. The van der Waals surface area contributed by atoms with Crippen molar-refractivity contribution in [1.82, 2.24) is 4.90 Å². The van der Waals surface area contributed by atoms with Crippen LogP contribution in [0.25, 0.3) is 5.57 Å². The van der Waals surface area contributed by atoms with Crippen LogP contribution in [0.2, 0.25) is 0 Å². The van der Waals surface area contributed by atoms with Gasteiger partial charge in [0.1, 0.15) is 0 Å². The standard InChI is InChI=1S/C37H33N3/c1-4-10-31(11-5-1)28-38-22-16-34(17-23-38)37(35-18-24-39(25-19-35)29-32-12-6-2-7-13-32)36-20-26-40(27-21-36)30-33-14-8-3-9-15-33/h1-27H,28-30H2/q+2. The van der Waals surface area contributed by atoms with Crippen molar-refractivity contribution >= 4 is 5.57 Å². The molecule has 0 amide bonds. The molecule has 3 heteroatoms. The van der Waals surface area contributed by atoms with Gasteiger partial charge < -0.3 is 4.90 Å². The smallest absolute Gasteiger partial charge is 0.173 e. The van der Waals surface area contributed by atoms with Crippen LogP contribution in [-0.4, -0.2) is 4.90 Å². The molecule has 0 atom stereocenters. The summed E-state index contributed by atoms with van der Waals surface area (Å²) < 4.78 is 4.46. The summed E-state index contributed by atoms with van der Waals surface area (Å²) >= 11 is 0. The summed E-state index contributed by atoms with van der Waals surface area (Å²) in [6, 6.07) is 40.7. The maximum Gasteiger partial charge on any atom is 0.173 e. The van der Waals surface area contributed by atoms with Crippen LogP contribution in [0.15, 0.2) is 170 Å². The fourth-order valence-corrected chi connectivity index (χ4v) is 5.07. The number of rotatable bonds is 8. The van der Waals surface area contributed by atoms with Gasteiger partial charge in [-0.05, 0) is 40.0 Å². The van der Waals surface area contributed by atoms with E-state index in [1.807, 2.05) is 0 Å². The molecule has 1 aliphatic rings. The van der Waals surface area contributed by atoms with Crippen LogP contribution in [-0.2, 0) is 19.6 Å². The molecule has 40 heavy (non-hydrogen) atoms. The van der Waals surface area contributed by atoms with Gasteiger partial charge in [-0.15, -0.1) is 0 Å². The SMILES string of the molecule is C1=CN(Cc2ccccc2)C=CC1=C(c1cc[n+](Cc2ccccc2)cc1)c1cc[n+](Cc2ccccc2)cc1. The van der Waals surface area contributed by atoms with Gasteiger partial charge in [-0.25, -0.2) is 9.13 Å². The van der Waals surface area contributed by atoms with Crippen molar-refractivity contribution in [2.45, 2.75) is 19.6 Å². The molecule has 0 aliphatic carbocycles. The first-order valence-electron chi connectivity index (χ1n) is 13.8. The van der Waals surface area contributed by atoms with Gasteiger partial charge in [0, 0.05) is 54.3 Å². The summed E-state index contributed by atoms with van der Waals surface area (Å²) in [4.78, 5) is 2.23. The van der Waals surface area contributed by atoms with Crippen molar-refractivity contribution in [3.8, 4) is 0 Å². The maximum atomic E-state index is 2.23. The summed E-state index contributed by atoms with van der Waals surface area (Å²) in [5.74, 6) is 0. The Morgan fingerprint density at radius 1 is 0.475 bits per heavy atom. The third-order valence-electron chi connectivity index (χ3n) is 7.16. The van der Waals surface area contributed by atoms with E-state index in [4.69, 9.17) is 0 Å². The minimum Gasteiger partial charge on any atom is -0.350 e. The molecule has 0 saturated carbocycles. The highest BCUT2D eigenvalue weighted by Gasteiger charge is 2.15. The molecule has 0 saturated heterocycles. The highest BCUT2D eigenvalue weighted by atomic mass is 15.1. The zero-order valence-electron chi connectivity index (χ0n) is 22.6. The van der Waals surface area contributed by atoms with Gasteiger partial charge in [-0.3, -0.25) is 0 Å². The molecule has 194 valence electrons. The minimum atomic E-state index is 0.853. The molecule has 3 aromatic carbocycles. The topological polar surface area (TPSA) is 11.0 Å². The predicted octanol–water partition coefficient (Wildman–Crippen LogP) is 6.70. The van der Waals surface area contributed by atoms with Gasteiger partial charge in [0.25, 0.3) is 0 Å². The third-order valence-corrected chi connectivity index (χ3v) is 7.16. The molecule has 1 aliphatic heterocycles. The average Bonchev–Trinajstić information content (AvgIpc) is 3.01. The van der Waals surface area contributed by atoms with E-state index < -0.39 is 0 Å². The minimum absolute atomic E-state index is 0.853. The Morgan fingerprint density at radius 3 is 1.30 bits per heavy atom. The Bertz CT molecular complexity index is 1510. The molecule has 3 heterocycles. The number of pyridine rings is 2. The number of hydrogen-bond donors (Lipinski definition) is 0. The second kappa shape index (κ2) is 12.2. The van der Waals surface area contributed by atoms with Crippen LogP contribution in [0.5, 0.6) is 0 Å². The van der Waals surface area contributed by atoms with Crippen molar-refractivity contribution in [3.05, 3.63) is 198 Å². The lowest BCUT2D eigenvalue weighted by Crippen LogP contribution is -2.33. The normalized spacial score (nSPS) is 12.5. The number of nitrogens with zero attached hydrogens (tertiary/aromatic N) is 3. The molecular formula is C37H33N3+2. The van der Waals surface area contributed by atoms with Crippen molar-refractivity contribution < 1.29 is 9.13 Å². The molecule has 0 radical (unpaired) electrons. The highest BCUT2D eigenvalue weighted by molar-refractivity contribution is 5.85. The molecule has 0 N–H and O–H groups in total. The van der Waals surface area contributed by atoms with Gasteiger partial charge in [0.15, 0.2) is 37.9 Å². The second-order valence-electron chi connectivity index (χ2n) is 10.1. The first-order valence-corrected chi connectivity index (χ1v) is 13.8. The van der Waals surface area contributed by atoms with Crippen molar-refractivity contribution in [2.75, 3.05) is 0 Å². The lowest BCUT2D eigenvalue weighted by molar-refractivity contribution is -0.688. The summed E-state index contributed by atoms with van der Waals surface area (Å²) in [5.41, 5.74) is 8.71. The van der Waals surface area contributed by atoms with Crippen LogP contribution in [0.4, 0.5) is 0 Å². The molecule has 3 nitrogen and oxygen atoms in total. The van der Waals surface area contributed by atoms with E-state index in [9.17, 15) is 0 Å². The van der Waals surface area contributed by atoms with Crippen molar-refractivity contribution in [3.63, 3.8) is 0 Å². The number of benzene rings is 3.